The molecule has 1 amide bonds. The van der Waals surface area contributed by atoms with E-state index in [1.807, 2.05) is 26.0 Å². The van der Waals surface area contributed by atoms with Gasteiger partial charge in [-0.1, -0.05) is 18.2 Å². The highest BCUT2D eigenvalue weighted by molar-refractivity contribution is 5.97. The summed E-state index contributed by atoms with van der Waals surface area (Å²) in [5, 5.41) is 20.0. The summed E-state index contributed by atoms with van der Waals surface area (Å²) < 4.78 is 0. The number of fused-ring (bicyclic) bond motifs is 1. The average molecular weight is 378 g/mol. The van der Waals surface area contributed by atoms with Gasteiger partial charge < -0.3 is 4.90 Å². The molecule has 1 aliphatic rings. The van der Waals surface area contributed by atoms with Gasteiger partial charge >= 0.3 is 0 Å². The van der Waals surface area contributed by atoms with Gasteiger partial charge in [-0.3, -0.25) is 19.8 Å². The molecule has 0 radical (unpaired) electrons. The molecular formula is C21H22N4O3. The molecule has 0 saturated carbocycles. The maximum Gasteiger partial charge on any atom is 0.271 e. The van der Waals surface area contributed by atoms with Crippen molar-refractivity contribution in [2.45, 2.75) is 32.9 Å². The van der Waals surface area contributed by atoms with Crippen LogP contribution in [0.5, 0.6) is 0 Å². The molecule has 1 heterocycles. The number of carbonyl (C=O) groups excluding carboxylic acids is 1. The highest BCUT2D eigenvalue weighted by Gasteiger charge is 2.28. The molecule has 0 N–H and O–H groups in total. The zero-order valence-electron chi connectivity index (χ0n) is 16.0. The molecule has 28 heavy (non-hydrogen) atoms. The lowest BCUT2D eigenvalue weighted by Crippen LogP contribution is -2.42. The lowest BCUT2D eigenvalue weighted by atomic mass is 10.1. The highest BCUT2D eigenvalue weighted by Crippen LogP contribution is 2.31. The van der Waals surface area contributed by atoms with E-state index in [0.717, 1.165) is 11.1 Å². The maximum absolute atomic E-state index is 13.0. The fourth-order valence-corrected chi connectivity index (χ4v) is 3.34. The topological polar surface area (TPSA) is 90.5 Å². The number of nitro benzene ring substituents is 1. The van der Waals surface area contributed by atoms with Crippen LogP contribution in [0.1, 0.15) is 30.5 Å². The summed E-state index contributed by atoms with van der Waals surface area (Å²) in [4.78, 5) is 27.3. The van der Waals surface area contributed by atoms with E-state index in [-0.39, 0.29) is 24.2 Å². The van der Waals surface area contributed by atoms with Gasteiger partial charge in [0.1, 0.15) is 0 Å². The molecule has 0 spiro atoms. The van der Waals surface area contributed by atoms with Crippen molar-refractivity contribution < 1.29 is 9.72 Å². The molecule has 0 atom stereocenters. The van der Waals surface area contributed by atoms with Gasteiger partial charge in [-0.2, -0.15) is 5.26 Å². The predicted octanol–water partition coefficient (Wildman–Crippen LogP) is 3.27. The third-order valence-corrected chi connectivity index (χ3v) is 5.01. The van der Waals surface area contributed by atoms with E-state index in [1.165, 1.54) is 12.1 Å². The summed E-state index contributed by atoms with van der Waals surface area (Å²) in [5.41, 5.74) is 3.23. The van der Waals surface area contributed by atoms with Crippen LogP contribution < -0.4 is 4.90 Å². The van der Waals surface area contributed by atoms with Crippen LogP contribution in [-0.2, 0) is 17.8 Å². The van der Waals surface area contributed by atoms with Gasteiger partial charge in [-0.05, 0) is 43.5 Å². The van der Waals surface area contributed by atoms with Gasteiger partial charge in [0.05, 0.1) is 28.8 Å². The van der Waals surface area contributed by atoms with Gasteiger partial charge in [-0.15, -0.1) is 0 Å². The van der Waals surface area contributed by atoms with Crippen molar-refractivity contribution in [2.75, 3.05) is 18.0 Å². The number of nitro groups is 1. The van der Waals surface area contributed by atoms with Gasteiger partial charge in [0, 0.05) is 31.3 Å². The lowest BCUT2D eigenvalue weighted by Gasteiger charge is -2.28. The zero-order chi connectivity index (χ0) is 20.3. The number of anilines is 1. The first-order valence-corrected chi connectivity index (χ1v) is 9.20. The Balaban J connectivity index is 1.74. The first-order valence-electron chi connectivity index (χ1n) is 9.20. The van der Waals surface area contributed by atoms with Crippen LogP contribution in [-0.4, -0.2) is 34.9 Å². The smallest absolute Gasteiger partial charge is 0.271 e. The summed E-state index contributed by atoms with van der Waals surface area (Å²) in [6, 6.07) is 14.3. The molecule has 0 bridgehead atoms. The Morgan fingerprint density at radius 1 is 1.29 bits per heavy atom. The van der Waals surface area contributed by atoms with Gasteiger partial charge in [0.25, 0.3) is 5.69 Å². The highest BCUT2D eigenvalue weighted by atomic mass is 16.6. The Morgan fingerprint density at radius 3 is 2.61 bits per heavy atom. The maximum atomic E-state index is 13.0. The fourth-order valence-electron chi connectivity index (χ4n) is 3.34. The fraction of sp³-hybridized carbons (Fsp3) is 0.333. The van der Waals surface area contributed by atoms with E-state index in [0.29, 0.717) is 30.8 Å². The van der Waals surface area contributed by atoms with Crippen LogP contribution in [0.25, 0.3) is 0 Å². The summed E-state index contributed by atoms with van der Waals surface area (Å²) in [5.74, 6) is -0.0680. The molecular weight excluding hydrogens is 356 g/mol. The Labute approximate surface area is 163 Å². The number of benzene rings is 2. The number of hydrogen-bond donors (Lipinski definition) is 0. The molecule has 0 aliphatic carbocycles. The average Bonchev–Trinajstić information content (AvgIpc) is 3.11. The molecule has 2 aromatic rings. The second kappa shape index (κ2) is 8.19. The van der Waals surface area contributed by atoms with Crippen molar-refractivity contribution in [3.8, 4) is 6.07 Å². The molecule has 0 aromatic heterocycles. The van der Waals surface area contributed by atoms with E-state index in [9.17, 15) is 14.9 Å². The summed E-state index contributed by atoms with van der Waals surface area (Å²) in [7, 11) is 0. The van der Waals surface area contributed by atoms with E-state index >= 15 is 0 Å². The number of non-ortho nitro benzene ring substituents is 1. The van der Waals surface area contributed by atoms with Crippen LogP contribution in [0.2, 0.25) is 0 Å². The van der Waals surface area contributed by atoms with E-state index in [2.05, 4.69) is 11.0 Å². The Morgan fingerprint density at radius 2 is 2.00 bits per heavy atom. The minimum atomic E-state index is -0.438. The summed E-state index contributed by atoms with van der Waals surface area (Å²) >= 11 is 0. The number of nitrogens with zero attached hydrogens (tertiary/aromatic N) is 4. The minimum Gasteiger partial charge on any atom is -0.310 e. The third kappa shape index (κ3) is 4.18. The number of carbonyl (C=O) groups is 1. The molecule has 0 fully saturated rings. The molecule has 0 saturated heterocycles. The lowest BCUT2D eigenvalue weighted by molar-refractivity contribution is -0.384. The van der Waals surface area contributed by atoms with Crippen molar-refractivity contribution in [1.82, 2.24) is 4.90 Å². The van der Waals surface area contributed by atoms with Gasteiger partial charge in [0.2, 0.25) is 5.91 Å². The van der Waals surface area contributed by atoms with Crippen LogP contribution >= 0.6 is 0 Å². The summed E-state index contributed by atoms with van der Waals surface area (Å²) in [6.45, 7) is 5.40. The Hall–Kier alpha value is -3.24. The van der Waals surface area contributed by atoms with Gasteiger partial charge in [0.15, 0.2) is 0 Å². The third-order valence-electron chi connectivity index (χ3n) is 5.01. The van der Waals surface area contributed by atoms with Crippen molar-refractivity contribution >= 4 is 17.3 Å². The first-order chi connectivity index (χ1) is 13.4. The van der Waals surface area contributed by atoms with Crippen molar-refractivity contribution in [1.29, 1.82) is 5.26 Å². The zero-order valence-corrected chi connectivity index (χ0v) is 16.0. The first kappa shape index (κ1) is 19.5. The molecule has 3 rings (SSSR count). The van der Waals surface area contributed by atoms with Crippen molar-refractivity contribution in [3.05, 3.63) is 69.3 Å². The van der Waals surface area contributed by atoms with E-state index < -0.39 is 4.92 Å². The van der Waals surface area contributed by atoms with Crippen LogP contribution in [0.4, 0.5) is 11.4 Å². The second-order valence-electron chi connectivity index (χ2n) is 7.17. The largest absolute Gasteiger partial charge is 0.310 e. The van der Waals surface area contributed by atoms with E-state index in [1.54, 1.807) is 23.1 Å². The molecule has 2 aromatic carbocycles. The molecule has 1 aliphatic heterocycles. The van der Waals surface area contributed by atoms with Crippen LogP contribution in [0.3, 0.4) is 0 Å². The molecule has 7 heteroatoms. The van der Waals surface area contributed by atoms with Gasteiger partial charge in [-0.25, -0.2) is 0 Å². The Kier molecular flexibility index (Phi) is 5.71. The standard InChI is InChI=1S/C21H22N4O3/c1-15(2)23(13-17-5-3-16(12-22)4-6-17)14-21(26)24-10-9-18-7-8-19(25(27)28)11-20(18)24/h3-8,11,15H,9-10,13-14H2,1-2H3. The Bertz CT molecular complexity index is 932. The van der Waals surface area contributed by atoms with Crippen LogP contribution in [0.15, 0.2) is 42.5 Å². The number of rotatable bonds is 6. The molecule has 144 valence electrons. The number of amides is 1. The molecule has 7 nitrogen and oxygen atoms in total. The number of hydrogen-bond acceptors (Lipinski definition) is 5. The number of nitriles is 1. The van der Waals surface area contributed by atoms with E-state index in [4.69, 9.17) is 5.26 Å². The predicted molar refractivity (Wildman–Crippen MR) is 106 cm³/mol. The normalized spacial score (nSPS) is 12.9. The SMILES string of the molecule is CC(C)N(CC(=O)N1CCc2ccc([N+](=O)[O-])cc21)Cc1ccc(C#N)cc1. The quantitative estimate of drug-likeness (QED) is 0.568. The summed E-state index contributed by atoms with van der Waals surface area (Å²) in [6.07, 6.45) is 0.705. The van der Waals surface area contributed by atoms with Crippen LogP contribution in [0, 0.1) is 21.4 Å². The second-order valence-corrected chi connectivity index (χ2v) is 7.17. The van der Waals surface area contributed by atoms with Crippen molar-refractivity contribution in [2.24, 2.45) is 0 Å². The van der Waals surface area contributed by atoms with Crippen molar-refractivity contribution in [3.63, 3.8) is 0 Å². The molecule has 0 unspecified atom stereocenters. The minimum absolute atomic E-state index is 0.00301. The monoisotopic (exact) mass is 378 g/mol.